The van der Waals surface area contributed by atoms with E-state index < -0.39 is 29.2 Å². The first-order chi connectivity index (χ1) is 17.2. The molecule has 3 unspecified atom stereocenters. The second kappa shape index (κ2) is 8.25. The molecule has 10 atom stereocenters. The van der Waals surface area contributed by atoms with Crippen molar-refractivity contribution in [3.8, 4) is 5.75 Å². The van der Waals surface area contributed by atoms with E-state index in [2.05, 4.69) is 0 Å². The lowest BCUT2D eigenvalue weighted by Gasteiger charge is -2.61. The third-order valence-corrected chi connectivity index (χ3v) is 10.6. The Balaban J connectivity index is 1.29. The minimum atomic E-state index is -1.32. The maximum Gasteiger partial charge on any atom is 0.338 e. The summed E-state index contributed by atoms with van der Waals surface area (Å²) in [5.41, 5.74) is -2.39. The highest BCUT2D eigenvalue weighted by Gasteiger charge is 2.81. The van der Waals surface area contributed by atoms with Gasteiger partial charge in [-0.2, -0.15) is 0 Å². The SMILES string of the molecule is CO[C@H]1C[C@]2(O)[C@H]3CC4[C@@H](OC(=O)c5ccc(OC(C)=O)cc5)CCCC4(C3)C3C[C@H]1[C@H](OC)[C@@]32O. The standard InChI is InChI=1S/C28H36O8/c1-15(29)35-18-8-6-16(7-9-18)25(30)36-21-5-4-10-26-13-17(11-20(21)26)27(31)14-22(33-2)19-12-23(26)28(27,32)24(19)34-3/h6-9,17,19-24,31-32H,4-5,10-14H2,1-3H3/t17-,19+,20?,21-,22-,23?,24-,26?,27-,28-/m0/s1. The van der Waals surface area contributed by atoms with Crippen LogP contribution in [0, 0.1) is 29.1 Å². The predicted octanol–water partition coefficient (Wildman–Crippen LogP) is 2.88. The average molecular weight is 501 g/mol. The highest BCUT2D eigenvalue weighted by Crippen LogP contribution is 2.75. The number of fused-ring (bicyclic) bond motifs is 3. The van der Waals surface area contributed by atoms with Crippen LogP contribution in [0.5, 0.6) is 5.75 Å². The van der Waals surface area contributed by atoms with Gasteiger partial charge in [0.1, 0.15) is 23.1 Å². The summed E-state index contributed by atoms with van der Waals surface area (Å²) in [7, 11) is 3.31. The predicted molar refractivity (Wildman–Crippen MR) is 127 cm³/mol. The fourth-order valence-corrected chi connectivity index (χ4v) is 9.38. The summed E-state index contributed by atoms with van der Waals surface area (Å²) in [5, 5.41) is 24.5. The maximum absolute atomic E-state index is 13.1. The van der Waals surface area contributed by atoms with E-state index in [0.717, 1.165) is 38.5 Å². The Morgan fingerprint density at radius 1 is 1.00 bits per heavy atom. The van der Waals surface area contributed by atoms with Gasteiger partial charge in [-0.3, -0.25) is 4.79 Å². The van der Waals surface area contributed by atoms with E-state index in [1.807, 2.05) is 0 Å². The number of aliphatic hydroxyl groups is 2. The first kappa shape index (κ1) is 24.3. The minimum Gasteiger partial charge on any atom is -0.458 e. The smallest absolute Gasteiger partial charge is 0.338 e. The molecule has 196 valence electrons. The van der Waals surface area contributed by atoms with E-state index in [4.69, 9.17) is 18.9 Å². The van der Waals surface area contributed by atoms with Gasteiger partial charge in [0.05, 0.1) is 17.8 Å². The molecule has 0 radical (unpaired) electrons. The Morgan fingerprint density at radius 3 is 2.42 bits per heavy atom. The van der Waals surface area contributed by atoms with Crippen LogP contribution in [0.4, 0.5) is 0 Å². The average Bonchev–Trinajstić information content (AvgIpc) is 3.37. The quantitative estimate of drug-likeness (QED) is 0.469. The molecule has 0 aromatic heterocycles. The van der Waals surface area contributed by atoms with Crippen LogP contribution in [0.3, 0.4) is 0 Å². The number of carbonyl (C=O) groups is 2. The van der Waals surface area contributed by atoms with Crippen LogP contribution in [0.1, 0.15) is 62.2 Å². The van der Waals surface area contributed by atoms with Crippen molar-refractivity contribution in [1.29, 1.82) is 0 Å². The van der Waals surface area contributed by atoms with Crippen molar-refractivity contribution in [2.75, 3.05) is 14.2 Å². The molecule has 8 nitrogen and oxygen atoms in total. The topological polar surface area (TPSA) is 112 Å². The molecule has 2 N–H and O–H groups in total. The second-order valence-electron chi connectivity index (χ2n) is 11.8. The number of hydrogen-bond acceptors (Lipinski definition) is 8. The van der Waals surface area contributed by atoms with E-state index in [-0.39, 0.29) is 41.3 Å². The van der Waals surface area contributed by atoms with Gasteiger partial charge in [0.15, 0.2) is 0 Å². The van der Waals surface area contributed by atoms with Crippen LogP contribution in [0.25, 0.3) is 0 Å². The van der Waals surface area contributed by atoms with Crippen LogP contribution in [0.15, 0.2) is 24.3 Å². The number of hydrogen-bond donors (Lipinski definition) is 2. The van der Waals surface area contributed by atoms with Gasteiger partial charge in [0, 0.05) is 39.4 Å². The number of carbonyl (C=O) groups excluding carboxylic acids is 2. The van der Waals surface area contributed by atoms with Crippen molar-refractivity contribution in [3.63, 3.8) is 0 Å². The zero-order chi connectivity index (χ0) is 25.5. The minimum absolute atomic E-state index is 0.0308. The molecule has 36 heavy (non-hydrogen) atoms. The van der Waals surface area contributed by atoms with Crippen LogP contribution < -0.4 is 4.74 Å². The summed E-state index contributed by atoms with van der Waals surface area (Å²) in [6, 6.07) is 6.39. The highest BCUT2D eigenvalue weighted by atomic mass is 16.5. The lowest BCUT2D eigenvalue weighted by Crippen LogP contribution is -2.73. The second-order valence-corrected chi connectivity index (χ2v) is 11.8. The van der Waals surface area contributed by atoms with Crippen LogP contribution in [0.2, 0.25) is 0 Å². The normalized spacial score (nSPS) is 46.2. The van der Waals surface area contributed by atoms with Crippen molar-refractivity contribution in [3.05, 3.63) is 29.8 Å². The van der Waals surface area contributed by atoms with Gasteiger partial charge in [0.2, 0.25) is 0 Å². The Morgan fingerprint density at radius 2 is 1.75 bits per heavy atom. The summed E-state index contributed by atoms with van der Waals surface area (Å²) in [4.78, 5) is 24.3. The van der Waals surface area contributed by atoms with Crippen molar-refractivity contribution in [1.82, 2.24) is 0 Å². The van der Waals surface area contributed by atoms with Gasteiger partial charge in [-0.1, -0.05) is 0 Å². The molecule has 5 aliphatic rings. The number of rotatable bonds is 5. The summed E-state index contributed by atoms with van der Waals surface area (Å²) >= 11 is 0. The Hall–Kier alpha value is -2.00. The molecular weight excluding hydrogens is 464 g/mol. The third-order valence-electron chi connectivity index (χ3n) is 10.6. The summed E-state index contributed by atoms with van der Waals surface area (Å²) < 4.78 is 22.9. The number of benzene rings is 1. The van der Waals surface area contributed by atoms with E-state index in [1.54, 1.807) is 38.5 Å². The highest BCUT2D eigenvalue weighted by molar-refractivity contribution is 5.89. The lowest BCUT2D eigenvalue weighted by atomic mass is 9.49. The number of ether oxygens (including phenoxy) is 4. The molecule has 1 aromatic carbocycles. The molecule has 5 aliphatic carbocycles. The fraction of sp³-hybridized carbons (Fsp3) is 0.714. The van der Waals surface area contributed by atoms with Crippen molar-refractivity contribution in [2.45, 2.75) is 81.4 Å². The molecule has 0 heterocycles. The Bertz CT molecular complexity index is 1060. The molecule has 0 saturated heterocycles. The number of methoxy groups -OCH3 is 2. The van der Waals surface area contributed by atoms with Crippen molar-refractivity contribution < 1.29 is 38.7 Å². The molecule has 0 aliphatic heterocycles. The zero-order valence-corrected chi connectivity index (χ0v) is 21.1. The summed E-state index contributed by atoms with van der Waals surface area (Å²) in [6.45, 7) is 1.33. The molecule has 0 amide bonds. The monoisotopic (exact) mass is 500 g/mol. The Labute approximate surface area is 211 Å². The van der Waals surface area contributed by atoms with E-state index in [1.165, 1.54) is 6.92 Å². The molecule has 5 fully saturated rings. The third kappa shape index (κ3) is 3.08. The molecule has 8 heteroatoms. The first-order valence-corrected chi connectivity index (χ1v) is 13.2. The molecule has 1 aromatic rings. The van der Waals surface area contributed by atoms with Gasteiger partial charge < -0.3 is 29.2 Å². The molecule has 5 saturated carbocycles. The van der Waals surface area contributed by atoms with Gasteiger partial charge in [-0.15, -0.1) is 0 Å². The Kier molecular flexibility index (Phi) is 5.58. The van der Waals surface area contributed by atoms with E-state index in [0.29, 0.717) is 17.7 Å². The molecule has 6 rings (SSSR count). The fourth-order valence-electron chi connectivity index (χ4n) is 9.38. The molecule has 4 bridgehead atoms. The maximum atomic E-state index is 13.1. The molecule has 1 spiro atoms. The van der Waals surface area contributed by atoms with Crippen LogP contribution in [-0.2, 0) is 19.0 Å². The lowest BCUT2D eigenvalue weighted by molar-refractivity contribution is -0.299. The summed E-state index contributed by atoms with van der Waals surface area (Å²) in [6.07, 6.45) is 4.48. The van der Waals surface area contributed by atoms with E-state index in [9.17, 15) is 19.8 Å². The van der Waals surface area contributed by atoms with Crippen molar-refractivity contribution in [2.24, 2.45) is 29.1 Å². The van der Waals surface area contributed by atoms with Crippen LogP contribution >= 0.6 is 0 Å². The largest absolute Gasteiger partial charge is 0.458 e. The van der Waals surface area contributed by atoms with Gasteiger partial charge >= 0.3 is 11.9 Å². The summed E-state index contributed by atoms with van der Waals surface area (Å²) in [5.74, 6) is -0.543. The number of esters is 2. The van der Waals surface area contributed by atoms with Crippen LogP contribution in [-0.4, -0.2) is 65.9 Å². The van der Waals surface area contributed by atoms with E-state index >= 15 is 0 Å². The van der Waals surface area contributed by atoms with Crippen molar-refractivity contribution >= 4 is 11.9 Å². The zero-order valence-electron chi connectivity index (χ0n) is 21.1. The molecular formula is C28H36O8. The van der Waals surface area contributed by atoms with Gasteiger partial charge in [0.25, 0.3) is 0 Å². The van der Waals surface area contributed by atoms with Gasteiger partial charge in [-0.05, 0) is 80.0 Å². The van der Waals surface area contributed by atoms with Gasteiger partial charge in [-0.25, -0.2) is 4.79 Å². The first-order valence-electron chi connectivity index (χ1n) is 13.2.